The molecule has 114 valence electrons. The van der Waals surface area contributed by atoms with E-state index in [9.17, 15) is 14.7 Å². The fraction of sp³-hybridized carbons (Fsp3) is 0.467. The number of halogens is 2. The van der Waals surface area contributed by atoms with Gasteiger partial charge in [-0.25, -0.2) is 0 Å². The highest BCUT2D eigenvalue weighted by molar-refractivity contribution is 6.38. The van der Waals surface area contributed by atoms with Gasteiger partial charge in [0.2, 0.25) is 0 Å². The zero-order chi connectivity index (χ0) is 15.8. The molecular formula is C15H17Cl2NO3. The Hall–Kier alpha value is -1.10. The molecule has 4 nitrogen and oxygen atoms in total. The number of fused-ring (bicyclic) bond motifs is 1. The SMILES string of the molecule is CCCCN1C(=O)C(O)(CC(C)=O)c2c(Cl)ccc(Cl)c21. The third-order valence-electron chi connectivity index (χ3n) is 3.60. The summed E-state index contributed by atoms with van der Waals surface area (Å²) in [5.74, 6) is -0.818. The zero-order valence-corrected chi connectivity index (χ0v) is 13.5. The molecule has 0 spiro atoms. The molecule has 1 heterocycles. The first-order valence-corrected chi connectivity index (χ1v) is 7.60. The number of Topliss-reactive ketones (excluding diaryl/α,β-unsaturated/α-hetero) is 1. The van der Waals surface area contributed by atoms with E-state index in [1.165, 1.54) is 17.9 Å². The molecule has 1 N–H and O–H groups in total. The van der Waals surface area contributed by atoms with Gasteiger partial charge in [0.05, 0.1) is 10.7 Å². The molecule has 0 aliphatic carbocycles. The highest BCUT2D eigenvalue weighted by Gasteiger charge is 2.52. The van der Waals surface area contributed by atoms with Crippen LogP contribution in [0.25, 0.3) is 0 Å². The maximum atomic E-state index is 12.6. The Morgan fingerprint density at radius 2 is 1.95 bits per heavy atom. The summed E-state index contributed by atoms with van der Waals surface area (Å²) < 4.78 is 0. The molecule has 0 radical (unpaired) electrons. The number of aliphatic hydroxyl groups is 1. The van der Waals surface area contributed by atoms with Gasteiger partial charge in [-0.2, -0.15) is 0 Å². The molecule has 1 aromatic carbocycles. The van der Waals surface area contributed by atoms with Crippen molar-refractivity contribution in [3.8, 4) is 0 Å². The van der Waals surface area contributed by atoms with Crippen molar-refractivity contribution < 1.29 is 14.7 Å². The van der Waals surface area contributed by atoms with Crippen LogP contribution < -0.4 is 4.90 Å². The number of carbonyl (C=O) groups excluding carboxylic acids is 2. The lowest BCUT2D eigenvalue weighted by Crippen LogP contribution is -2.42. The van der Waals surface area contributed by atoms with E-state index >= 15 is 0 Å². The van der Waals surface area contributed by atoms with E-state index in [0.29, 0.717) is 17.3 Å². The Bertz CT molecular complexity index is 603. The number of hydrogen-bond acceptors (Lipinski definition) is 3. The van der Waals surface area contributed by atoms with Gasteiger partial charge in [0, 0.05) is 23.6 Å². The molecular weight excluding hydrogens is 313 g/mol. The van der Waals surface area contributed by atoms with Crippen molar-refractivity contribution in [2.75, 3.05) is 11.4 Å². The second-order valence-corrected chi connectivity index (χ2v) is 6.12. The smallest absolute Gasteiger partial charge is 0.264 e. The maximum absolute atomic E-state index is 12.6. The normalized spacial score (nSPS) is 20.8. The number of anilines is 1. The summed E-state index contributed by atoms with van der Waals surface area (Å²) in [5, 5.41) is 11.4. The van der Waals surface area contributed by atoms with E-state index < -0.39 is 11.5 Å². The van der Waals surface area contributed by atoms with Gasteiger partial charge in [0.25, 0.3) is 5.91 Å². The average molecular weight is 330 g/mol. The first kappa shape index (κ1) is 16.3. The minimum Gasteiger partial charge on any atom is -0.375 e. The Balaban J connectivity index is 2.61. The predicted octanol–water partition coefficient (Wildman–Crippen LogP) is 3.31. The minimum atomic E-state index is -1.92. The van der Waals surface area contributed by atoms with Crippen LogP contribution in [-0.4, -0.2) is 23.3 Å². The molecule has 0 bridgehead atoms. The summed E-state index contributed by atoms with van der Waals surface area (Å²) in [5.41, 5.74) is -1.25. The van der Waals surface area contributed by atoms with Crippen LogP contribution in [0.5, 0.6) is 0 Å². The van der Waals surface area contributed by atoms with Gasteiger partial charge in [-0.05, 0) is 25.5 Å². The lowest BCUT2D eigenvalue weighted by atomic mass is 9.90. The molecule has 0 fully saturated rings. The molecule has 0 saturated carbocycles. The highest BCUT2D eigenvalue weighted by Crippen LogP contribution is 2.49. The number of unbranched alkanes of at least 4 members (excludes halogenated alkanes) is 1. The van der Waals surface area contributed by atoms with Crippen LogP contribution in [0.3, 0.4) is 0 Å². The molecule has 0 saturated heterocycles. The molecule has 0 aromatic heterocycles. The van der Waals surface area contributed by atoms with Crippen molar-refractivity contribution in [2.45, 2.75) is 38.7 Å². The van der Waals surface area contributed by atoms with Crippen LogP contribution >= 0.6 is 23.2 Å². The first-order valence-electron chi connectivity index (χ1n) is 6.85. The number of benzene rings is 1. The van der Waals surface area contributed by atoms with Crippen molar-refractivity contribution >= 4 is 40.6 Å². The van der Waals surface area contributed by atoms with E-state index in [4.69, 9.17) is 23.2 Å². The van der Waals surface area contributed by atoms with Crippen molar-refractivity contribution in [1.82, 2.24) is 0 Å². The van der Waals surface area contributed by atoms with Crippen LogP contribution in [-0.2, 0) is 15.2 Å². The van der Waals surface area contributed by atoms with Crippen molar-refractivity contribution in [1.29, 1.82) is 0 Å². The van der Waals surface area contributed by atoms with E-state index in [2.05, 4.69) is 0 Å². The lowest BCUT2D eigenvalue weighted by Gasteiger charge is -2.22. The van der Waals surface area contributed by atoms with Crippen LogP contribution in [0, 0.1) is 0 Å². The van der Waals surface area contributed by atoms with Gasteiger partial charge in [-0.3, -0.25) is 9.59 Å². The fourth-order valence-electron chi connectivity index (χ4n) is 2.68. The summed E-state index contributed by atoms with van der Waals surface area (Å²) in [6, 6.07) is 3.12. The topological polar surface area (TPSA) is 57.6 Å². The summed E-state index contributed by atoms with van der Waals surface area (Å²) in [7, 11) is 0. The van der Waals surface area contributed by atoms with Crippen LogP contribution in [0.2, 0.25) is 10.0 Å². The molecule has 1 unspecified atom stereocenters. The molecule has 1 atom stereocenters. The van der Waals surface area contributed by atoms with E-state index in [1.54, 1.807) is 6.07 Å². The van der Waals surface area contributed by atoms with Crippen LogP contribution in [0.4, 0.5) is 5.69 Å². The largest absolute Gasteiger partial charge is 0.375 e. The molecule has 6 heteroatoms. The average Bonchev–Trinajstić information content (AvgIpc) is 2.62. The third kappa shape index (κ3) is 2.68. The van der Waals surface area contributed by atoms with Crippen molar-refractivity contribution in [3.05, 3.63) is 27.7 Å². The lowest BCUT2D eigenvalue weighted by molar-refractivity contribution is -0.141. The molecule has 1 aliphatic heterocycles. The van der Waals surface area contributed by atoms with Crippen molar-refractivity contribution in [3.63, 3.8) is 0 Å². The molecule has 1 aromatic rings. The Morgan fingerprint density at radius 3 is 2.52 bits per heavy atom. The van der Waals surface area contributed by atoms with Gasteiger partial charge >= 0.3 is 0 Å². The standard InChI is InChI=1S/C15H17Cl2NO3/c1-3-4-7-18-13-11(17)6-5-10(16)12(13)15(21,14(18)20)8-9(2)19/h5-6,21H,3-4,7-8H2,1-2H3. The van der Waals surface area contributed by atoms with Gasteiger partial charge in [0.1, 0.15) is 5.78 Å². The molecule has 1 aliphatic rings. The van der Waals surface area contributed by atoms with Gasteiger partial charge in [-0.15, -0.1) is 0 Å². The number of rotatable bonds is 5. The highest BCUT2D eigenvalue weighted by atomic mass is 35.5. The molecule has 1 amide bonds. The minimum absolute atomic E-state index is 0.241. The number of nitrogens with zero attached hydrogens (tertiary/aromatic N) is 1. The van der Waals surface area contributed by atoms with Gasteiger partial charge in [0.15, 0.2) is 5.60 Å². The Labute approximate surface area is 133 Å². The van der Waals surface area contributed by atoms with Crippen molar-refractivity contribution in [2.24, 2.45) is 0 Å². The summed E-state index contributed by atoms with van der Waals surface area (Å²) >= 11 is 12.4. The fourth-order valence-corrected chi connectivity index (χ4v) is 3.25. The van der Waals surface area contributed by atoms with Gasteiger partial charge < -0.3 is 10.0 Å². The summed E-state index contributed by atoms with van der Waals surface area (Å²) in [6.07, 6.45) is 1.36. The second-order valence-electron chi connectivity index (χ2n) is 5.30. The summed E-state index contributed by atoms with van der Waals surface area (Å²) in [4.78, 5) is 25.5. The van der Waals surface area contributed by atoms with Crippen LogP contribution in [0.1, 0.15) is 38.7 Å². The predicted molar refractivity (Wildman–Crippen MR) is 82.9 cm³/mol. The van der Waals surface area contributed by atoms with Gasteiger partial charge in [-0.1, -0.05) is 36.5 Å². The van der Waals surface area contributed by atoms with Crippen LogP contribution in [0.15, 0.2) is 12.1 Å². The van der Waals surface area contributed by atoms with E-state index in [1.807, 2.05) is 6.92 Å². The Morgan fingerprint density at radius 1 is 1.33 bits per heavy atom. The monoisotopic (exact) mass is 329 g/mol. The number of hydrogen-bond donors (Lipinski definition) is 1. The number of carbonyl (C=O) groups is 2. The second kappa shape index (κ2) is 5.95. The quantitative estimate of drug-likeness (QED) is 0.901. The zero-order valence-electron chi connectivity index (χ0n) is 11.9. The number of amides is 1. The van der Waals surface area contributed by atoms with E-state index in [0.717, 1.165) is 12.8 Å². The molecule has 21 heavy (non-hydrogen) atoms. The Kier molecular flexibility index (Phi) is 4.61. The third-order valence-corrected chi connectivity index (χ3v) is 4.22. The van der Waals surface area contributed by atoms with E-state index in [-0.39, 0.29) is 22.8 Å². The maximum Gasteiger partial charge on any atom is 0.264 e. The first-order chi connectivity index (χ1) is 9.82. The number of ketones is 1. The summed E-state index contributed by atoms with van der Waals surface area (Å²) in [6.45, 7) is 3.77. The molecule has 2 rings (SSSR count).